The van der Waals surface area contributed by atoms with Gasteiger partial charge in [0.25, 0.3) is 0 Å². The summed E-state index contributed by atoms with van der Waals surface area (Å²) in [5, 5.41) is 1.04. The van der Waals surface area contributed by atoms with Gasteiger partial charge in [-0.2, -0.15) is 0 Å². The van der Waals surface area contributed by atoms with E-state index in [1.54, 1.807) is 11.8 Å². The van der Waals surface area contributed by atoms with Crippen molar-refractivity contribution in [2.45, 2.75) is 0 Å². The van der Waals surface area contributed by atoms with Crippen LogP contribution in [0.15, 0.2) is 29.3 Å². The van der Waals surface area contributed by atoms with Crippen molar-refractivity contribution in [2.24, 2.45) is 4.99 Å². The number of benzene rings is 1. The summed E-state index contributed by atoms with van der Waals surface area (Å²) in [5.74, 6) is 0.885. The number of nitrogens with zero attached hydrogens (tertiary/aromatic N) is 1. The molecule has 0 aliphatic carbocycles. The van der Waals surface area contributed by atoms with E-state index in [1.165, 1.54) is 0 Å². The zero-order chi connectivity index (χ0) is 8.39. The molecule has 1 aromatic rings. The van der Waals surface area contributed by atoms with Crippen LogP contribution in [0.3, 0.4) is 0 Å². The number of ether oxygens (including phenoxy) is 1. The smallest absolute Gasteiger partial charge is 0.145 e. The Labute approximate surface area is 75.7 Å². The van der Waals surface area contributed by atoms with Crippen LogP contribution in [-0.2, 0) is 0 Å². The fourth-order valence-electron chi connectivity index (χ4n) is 1.08. The Morgan fingerprint density at radius 1 is 1.42 bits per heavy atom. The first-order chi connectivity index (χ1) is 5.90. The molecule has 2 nitrogen and oxygen atoms in total. The van der Waals surface area contributed by atoms with Gasteiger partial charge in [0.2, 0.25) is 0 Å². The van der Waals surface area contributed by atoms with Gasteiger partial charge >= 0.3 is 0 Å². The lowest BCUT2D eigenvalue weighted by Gasteiger charge is -2.14. The molecule has 12 heavy (non-hydrogen) atoms. The molecule has 0 N–H and O–H groups in total. The van der Waals surface area contributed by atoms with Crippen molar-refractivity contribution < 1.29 is 4.74 Å². The van der Waals surface area contributed by atoms with Gasteiger partial charge in [-0.15, -0.1) is 11.8 Å². The Kier molecular flexibility index (Phi) is 2.04. The van der Waals surface area contributed by atoms with Crippen molar-refractivity contribution in [3.63, 3.8) is 0 Å². The number of para-hydroxylation sites is 2. The van der Waals surface area contributed by atoms with Gasteiger partial charge in [0, 0.05) is 0 Å². The molecule has 0 atom stereocenters. The monoisotopic (exact) mass is 179 g/mol. The molecule has 0 fully saturated rings. The lowest BCUT2D eigenvalue weighted by molar-refractivity contribution is 0.375. The summed E-state index contributed by atoms with van der Waals surface area (Å²) in [4.78, 5) is 4.42. The number of hydrogen-bond donors (Lipinski definition) is 0. The standard InChI is InChI=1S/C9H9NOS/c1-12-9-6-11-8-5-3-2-4-7(8)10-9/h2-5H,6H2,1H3. The van der Waals surface area contributed by atoms with Gasteiger partial charge in [0.1, 0.15) is 23.1 Å². The van der Waals surface area contributed by atoms with E-state index in [9.17, 15) is 0 Å². The van der Waals surface area contributed by atoms with E-state index in [2.05, 4.69) is 4.99 Å². The zero-order valence-electron chi connectivity index (χ0n) is 6.78. The second kappa shape index (κ2) is 3.19. The van der Waals surface area contributed by atoms with E-state index in [4.69, 9.17) is 4.74 Å². The first kappa shape index (κ1) is 7.68. The highest BCUT2D eigenvalue weighted by molar-refractivity contribution is 8.13. The average molecular weight is 179 g/mol. The fourth-order valence-corrected chi connectivity index (χ4v) is 1.45. The van der Waals surface area contributed by atoms with Crippen LogP contribution in [0.4, 0.5) is 5.69 Å². The maximum atomic E-state index is 5.48. The maximum Gasteiger partial charge on any atom is 0.145 e. The van der Waals surface area contributed by atoms with Crippen molar-refractivity contribution in [2.75, 3.05) is 12.9 Å². The summed E-state index contributed by atoms with van der Waals surface area (Å²) < 4.78 is 5.48. The molecule has 1 aliphatic rings. The predicted molar refractivity (Wildman–Crippen MR) is 52.5 cm³/mol. The van der Waals surface area contributed by atoms with Gasteiger partial charge in [0.15, 0.2) is 0 Å². The van der Waals surface area contributed by atoms with E-state index >= 15 is 0 Å². The molecule has 2 rings (SSSR count). The molecule has 0 saturated heterocycles. The largest absolute Gasteiger partial charge is 0.484 e. The number of rotatable bonds is 0. The van der Waals surface area contributed by atoms with Crippen molar-refractivity contribution >= 4 is 22.5 Å². The lowest BCUT2D eigenvalue weighted by Crippen LogP contribution is -2.10. The summed E-state index contributed by atoms with van der Waals surface area (Å²) in [7, 11) is 0. The van der Waals surface area contributed by atoms with Crippen LogP contribution >= 0.6 is 11.8 Å². The van der Waals surface area contributed by atoms with Gasteiger partial charge in [0.05, 0.1) is 0 Å². The number of aliphatic imine (C=N–C) groups is 1. The molecule has 0 unspecified atom stereocenters. The molecular formula is C9H9NOS. The third-order valence-corrected chi connectivity index (χ3v) is 2.38. The molecule has 0 spiro atoms. The summed E-state index contributed by atoms with van der Waals surface area (Å²) in [5.41, 5.74) is 0.938. The van der Waals surface area contributed by atoms with Crippen LogP contribution in [0.2, 0.25) is 0 Å². The second-order valence-corrected chi connectivity index (χ2v) is 3.35. The van der Waals surface area contributed by atoms with Crippen molar-refractivity contribution in [3.8, 4) is 5.75 Å². The van der Waals surface area contributed by atoms with Gasteiger partial charge in [-0.05, 0) is 18.4 Å². The van der Waals surface area contributed by atoms with Gasteiger partial charge < -0.3 is 4.74 Å². The molecule has 0 radical (unpaired) electrons. The third-order valence-electron chi connectivity index (χ3n) is 1.70. The molecule has 1 heterocycles. The van der Waals surface area contributed by atoms with Crippen molar-refractivity contribution in [1.82, 2.24) is 0 Å². The molecule has 62 valence electrons. The van der Waals surface area contributed by atoms with Crippen LogP contribution in [0.5, 0.6) is 5.75 Å². The first-order valence-corrected chi connectivity index (χ1v) is 4.96. The number of fused-ring (bicyclic) bond motifs is 1. The Bertz CT molecular complexity index is 322. The SMILES string of the molecule is CSC1=Nc2ccccc2OC1. The minimum atomic E-state index is 0.609. The number of hydrogen-bond acceptors (Lipinski definition) is 3. The second-order valence-electron chi connectivity index (χ2n) is 2.47. The van der Waals surface area contributed by atoms with Crippen LogP contribution in [-0.4, -0.2) is 17.9 Å². The van der Waals surface area contributed by atoms with Gasteiger partial charge in [-0.1, -0.05) is 12.1 Å². The maximum absolute atomic E-state index is 5.48. The molecule has 1 aliphatic heterocycles. The Morgan fingerprint density at radius 2 is 2.25 bits per heavy atom. The van der Waals surface area contributed by atoms with Gasteiger partial charge in [-0.3, -0.25) is 0 Å². The summed E-state index contributed by atoms with van der Waals surface area (Å²) in [6.07, 6.45) is 2.01. The van der Waals surface area contributed by atoms with E-state index in [-0.39, 0.29) is 0 Å². The molecule has 0 bridgehead atoms. The predicted octanol–water partition coefficient (Wildman–Crippen LogP) is 2.47. The number of thioether (sulfide) groups is 1. The lowest BCUT2D eigenvalue weighted by atomic mass is 10.3. The van der Waals surface area contributed by atoms with E-state index in [1.807, 2.05) is 30.5 Å². The van der Waals surface area contributed by atoms with Crippen molar-refractivity contribution in [3.05, 3.63) is 24.3 Å². The Balaban J connectivity index is 2.41. The van der Waals surface area contributed by atoms with Crippen molar-refractivity contribution in [1.29, 1.82) is 0 Å². The molecular weight excluding hydrogens is 170 g/mol. The van der Waals surface area contributed by atoms with E-state index in [0.29, 0.717) is 6.61 Å². The highest BCUT2D eigenvalue weighted by Crippen LogP contribution is 2.31. The summed E-state index contributed by atoms with van der Waals surface area (Å²) in [6, 6.07) is 7.83. The highest BCUT2D eigenvalue weighted by atomic mass is 32.2. The molecule has 0 aromatic heterocycles. The minimum Gasteiger partial charge on any atom is -0.484 e. The molecule has 0 saturated carbocycles. The molecule has 0 amide bonds. The van der Waals surface area contributed by atoms with Crippen LogP contribution in [0.25, 0.3) is 0 Å². The van der Waals surface area contributed by atoms with Crippen LogP contribution in [0.1, 0.15) is 0 Å². The quantitative estimate of drug-likeness (QED) is 0.610. The normalized spacial score (nSPS) is 14.6. The van der Waals surface area contributed by atoms with Crippen LogP contribution in [0, 0.1) is 0 Å². The van der Waals surface area contributed by atoms with Crippen LogP contribution < -0.4 is 4.74 Å². The highest BCUT2D eigenvalue weighted by Gasteiger charge is 2.10. The van der Waals surface area contributed by atoms with Gasteiger partial charge in [-0.25, -0.2) is 4.99 Å². The third kappa shape index (κ3) is 1.32. The Morgan fingerprint density at radius 3 is 3.08 bits per heavy atom. The summed E-state index contributed by atoms with van der Waals surface area (Å²) >= 11 is 1.63. The Hall–Kier alpha value is -0.960. The zero-order valence-corrected chi connectivity index (χ0v) is 7.60. The first-order valence-electron chi connectivity index (χ1n) is 3.73. The minimum absolute atomic E-state index is 0.609. The summed E-state index contributed by atoms with van der Waals surface area (Å²) in [6.45, 7) is 0.609. The fraction of sp³-hybridized carbons (Fsp3) is 0.222. The molecule has 1 aromatic carbocycles. The van der Waals surface area contributed by atoms with E-state index < -0.39 is 0 Å². The average Bonchev–Trinajstić information content (AvgIpc) is 2.17. The topological polar surface area (TPSA) is 21.6 Å². The molecule has 3 heteroatoms. The van der Waals surface area contributed by atoms with E-state index in [0.717, 1.165) is 16.5 Å².